The summed E-state index contributed by atoms with van der Waals surface area (Å²) >= 11 is 18.0. The summed E-state index contributed by atoms with van der Waals surface area (Å²) in [5, 5.41) is 3.53. The van der Waals surface area contributed by atoms with Crippen LogP contribution in [0.25, 0.3) is 0 Å². The zero-order valence-corrected chi connectivity index (χ0v) is 19.3. The van der Waals surface area contributed by atoms with Gasteiger partial charge in [-0.1, -0.05) is 34.8 Å². The van der Waals surface area contributed by atoms with E-state index in [0.29, 0.717) is 37.4 Å². The Morgan fingerprint density at radius 3 is 2.47 bits per heavy atom. The minimum atomic E-state index is -3.72. The van der Waals surface area contributed by atoms with Crippen LogP contribution in [0.5, 0.6) is 5.75 Å². The summed E-state index contributed by atoms with van der Waals surface area (Å²) in [5.74, 6) is -0.227. The number of ether oxygens (including phenoxy) is 1. The predicted octanol–water partition coefficient (Wildman–Crippen LogP) is 5.08. The summed E-state index contributed by atoms with van der Waals surface area (Å²) in [7, 11) is -3.72. The average molecular weight is 492 g/mol. The first-order valence-electron chi connectivity index (χ1n) is 9.40. The SMILES string of the molecule is CCOc1ccc(S(=O)(=O)N2CCC[C@H](C(=O)Nc3cc(Cl)c(Cl)cc3Cl)C2)cc1. The van der Waals surface area contributed by atoms with Crippen LogP contribution in [0.2, 0.25) is 15.1 Å². The second-order valence-corrected chi connectivity index (χ2v) is 10.0. The Kier molecular flexibility index (Phi) is 7.52. The fourth-order valence-corrected chi connectivity index (χ4v) is 5.37. The van der Waals surface area contributed by atoms with E-state index in [9.17, 15) is 13.2 Å². The van der Waals surface area contributed by atoms with Crippen molar-refractivity contribution in [1.82, 2.24) is 4.31 Å². The second kappa shape index (κ2) is 9.75. The van der Waals surface area contributed by atoms with Gasteiger partial charge >= 0.3 is 0 Å². The van der Waals surface area contributed by atoms with Gasteiger partial charge in [-0.2, -0.15) is 4.31 Å². The van der Waals surface area contributed by atoms with Crippen molar-refractivity contribution in [3.05, 3.63) is 51.5 Å². The van der Waals surface area contributed by atoms with E-state index < -0.39 is 15.9 Å². The third kappa shape index (κ3) is 5.21. The number of hydrogen-bond acceptors (Lipinski definition) is 4. The molecule has 3 rings (SSSR count). The van der Waals surface area contributed by atoms with E-state index in [4.69, 9.17) is 39.5 Å². The van der Waals surface area contributed by atoms with Gasteiger partial charge in [0.25, 0.3) is 0 Å². The van der Waals surface area contributed by atoms with Crippen LogP contribution in [-0.2, 0) is 14.8 Å². The Morgan fingerprint density at radius 2 is 1.80 bits per heavy atom. The molecule has 1 fully saturated rings. The number of halogens is 3. The largest absolute Gasteiger partial charge is 0.494 e. The van der Waals surface area contributed by atoms with Gasteiger partial charge in [0.2, 0.25) is 15.9 Å². The van der Waals surface area contributed by atoms with Gasteiger partial charge in [-0.15, -0.1) is 0 Å². The Bertz CT molecular complexity index is 1030. The molecule has 10 heteroatoms. The molecule has 0 aromatic heterocycles. The number of sulfonamides is 1. The number of anilines is 1. The molecule has 0 unspecified atom stereocenters. The van der Waals surface area contributed by atoms with E-state index in [-0.39, 0.29) is 32.4 Å². The van der Waals surface area contributed by atoms with Crippen molar-refractivity contribution >= 4 is 56.4 Å². The third-order valence-electron chi connectivity index (χ3n) is 4.80. The second-order valence-electron chi connectivity index (χ2n) is 6.84. The van der Waals surface area contributed by atoms with Crippen molar-refractivity contribution in [2.24, 2.45) is 5.92 Å². The van der Waals surface area contributed by atoms with E-state index in [1.165, 1.54) is 28.6 Å². The van der Waals surface area contributed by atoms with E-state index in [1.807, 2.05) is 6.92 Å². The Labute approximate surface area is 191 Å². The molecule has 6 nitrogen and oxygen atoms in total. The van der Waals surface area contributed by atoms with E-state index in [0.717, 1.165) is 0 Å². The number of benzene rings is 2. The van der Waals surface area contributed by atoms with Crippen LogP contribution in [0.4, 0.5) is 5.69 Å². The molecule has 0 aliphatic carbocycles. The quantitative estimate of drug-likeness (QED) is 0.571. The van der Waals surface area contributed by atoms with Gasteiger partial charge in [0, 0.05) is 13.1 Å². The third-order valence-corrected chi connectivity index (χ3v) is 7.71. The van der Waals surface area contributed by atoms with Crippen LogP contribution in [0.1, 0.15) is 19.8 Å². The first kappa shape index (κ1) is 23.2. The first-order chi connectivity index (χ1) is 14.2. The summed E-state index contributed by atoms with van der Waals surface area (Å²) in [6, 6.07) is 9.19. The van der Waals surface area contributed by atoms with Gasteiger partial charge in [0.1, 0.15) is 5.75 Å². The Morgan fingerprint density at radius 1 is 1.13 bits per heavy atom. The standard InChI is InChI=1S/C20H21Cl3N2O4S/c1-2-29-14-5-7-15(8-6-14)30(27,28)25-9-3-4-13(12-25)20(26)24-19-11-17(22)16(21)10-18(19)23/h5-8,10-11,13H,2-4,9,12H2,1H3,(H,24,26)/t13-/m0/s1. The normalized spacial score (nSPS) is 17.5. The highest BCUT2D eigenvalue weighted by molar-refractivity contribution is 7.89. The summed E-state index contributed by atoms with van der Waals surface area (Å²) in [5.41, 5.74) is 0.336. The molecular formula is C20H21Cl3N2O4S. The number of amides is 1. The van der Waals surface area contributed by atoms with Crippen LogP contribution in [0, 0.1) is 5.92 Å². The molecule has 0 bridgehead atoms. The lowest BCUT2D eigenvalue weighted by Gasteiger charge is -2.31. The van der Waals surface area contributed by atoms with Crippen molar-refractivity contribution < 1.29 is 17.9 Å². The molecule has 0 radical (unpaired) electrons. The van der Waals surface area contributed by atoms with Crippen LogP contribution in [-0.4, -0.2) is 38.3 Å². The van der Waals surface area contributed by atoms with Crippen LogP contribution < -0.4 is 10.1 Å². The molecule has 1 N–H and O–H groups in total. The number of nitrogens with zero attached hydrogens (tertiary/aromatic N) is 1. The number of carbonyl (C=O) groups is 1. The lowest BCUT2D eigenvalue weighted by Crippen LogP contribution is -2.43. The summed E-state index contributed by atoms with van der Waals surface area (Å²) in [6.07, 6.45) is 1.14. The summed E-state index contributed by atoms with van der Waals surface area (Å²) in [6.45, 7) is 2.79. The Balaban J connectivity index is 1.72. The minimum Gasteiger partial charge on any atom is -0.494 e. The monoisotopic (exact) mass is 490 g/mol. The number of hydrogen-bond donors (Lipinski definition) is 1. The highest BCUT2D eigenvalue weighted by Gasteiger charge is 2.33. The summed E-state index contributed by atoms with van der Waals surface area (Å²) < 4.78 is 32.7. The first-order valence-corrected chi connectivity index (χ1v) is 12.0. The number of piperidine rings is 1. The molecule has 1 aliphatic rings. The van der Waals surface area contributed by atoms with Crippen molar-refractivity contribution in [2.45, 2.75) is 24.7 Å². The molecule has 2 aromatic rings. The van der Waals surface area contributed by atoms with Crippen molar-refractivity contribution in [1.29, 1.82) is 0 Å². The van der Waals surface area contributed by atoms with Gasteiger partial charge in [0.05, 0.1) is 38.2 Å². The minimum absolute atomic E-state index is 0.0836. The van der Waals surface area contributed by atoms with Crippen molar-refractivity contribution in [2.75, 3.05) is 25.0 Å². The molecule has 1 saturated heterocycles. The maximum absolute atomic E-state index is 13.0. The molecule has 30 heavy (non-hydrogen) atoms. The molecule has 1 aliphatic heterocycles. The number of rotatable bonds is 6. The average Bonchev–Trinajstić information content (AvgIpc) is 2.72. The fourth-order valence-electron chi connectivity index (χ4n) is 3.25. The van der Waals surface area contributed by atoms with E-state index >= 15 is 0 Å². The topological polar surface area (TPSA) is 75.7 Å². The maximum Gasteiger partial charge on any atom is 0.243 e. The summed E-state index contributed by atoms with van der Waals surface area (Å²) in [4.78, 5) is 12.9. The fraction of sp³-hybridized carbons (Fsp3) is 0.350. The molecule has 0 saturated carbocycles. The van der Waals surface area contributed by atoms with E-state index in [1.54, 1.807) is 12.1 Å². The highest BCUT2D eigenvalue weighted by atomic mass is 35.5. The molecular weight excluding hydrogens is 471 g/mol. The molecule has 162 valence electrons. The van der Waals surface area contributed by atoms with Crippen LogP contribution in [0.15, 0.2) is 41.3 Å². The van der Waals surface area contributed by atoms with Crippen LogP contribution in [0.3, 0.4) is 0 Å². The van der Waals surface area contributed by atoms with Crippen molar-refractivity contribution in [3.63, 3.8) is 0 Å². The predicted molar refractivity (Wildman–Crippen MR) is 119 cm³/mol. The molecule has 1 heterocycles. The van der Waals surface area contributed by atoms with Gasteiger partial charge < -0.3 is 10.1 Å². The lowest BCUT2D eigenvalue weighted by molar-refractivity contribution is -0.120. The molecule has 0 spiro atoms. The van der Waals surface area contributed by atoms with Crippen molar-refractivity contribution in [3.8, 4) is 5.75 Å². The van der Waals surface area contributed by atoms with Crippen LogP contribution >= 0.6 is 34.8 Å². The smallest absolute Gasteiger partial charge is 0.243 e. The van der Waals surface area contributed by atoms with Gasteiger partial charge in [-0.3, -0.25) is 4.79 Å². The highest BCUT2D eigenvalue weighted by Crippen LogP contribution is 2.33. The van der Waals surface area contributed by atoms with E-state index in [2.05, 4.69) is 5.32 Å². The van der Waals surface area contributed by atoms with Gasteiger partial charge in [0.15, 0.2) is 0 Å². The molecule has 2 aromatic carbocycles. The lowest BCUT2D eigenvalue weighted by atomic mass is 9.98. The zero-order chi connectivity index (χ0) is 21.9. The molecule has 1 amide bonds. The molecule has 1 atom stereocenters. The number of carbonyl (C=O) groups excluding carboxylic acids is 1. The number of nitrogens with one attached hydrogen (secondary N) is 1. The maximum atomic E-state index is 13.0. The van der Waals surface area contributed by atoms with Gasteiger partial charge in [-0.05, 0) is 56.2 Å². The van der Waals surface area contributed by atoms with Gasteiger partial charge in [-0.25, -0.2) is 8.42 Å². The zero-order valence-electron chi connectivity index (χ0n) is 16.2. The Hall–Kier alpha value is -1.51.